The first-order chi connectivity index (χ1) is 5.16. The van der Waals surface area contributed by atoms with Crippen molar-refractivity contribution in [2.45, 2.75) is 34.1 Å². The lowest BCUT2D eigenvalue weighted by atomic mass is 9.62. The van der Waals surface area contributed by atoms with Crippen molar-refractivity contribution in [2.75, 3.05) is 0 Å². The predicted molar refractivity (Wildman–Crippen MR) is 50.4 cm³/mol. The van der Waals surface area contributed by atoms with Gasteiger partial charge in [0.2, 0.25) is 0 Å². The van der Waals surface area contributed by atoms with Crippen LogP contribution in [-0.4, -0.2) is 0 Å². The second-order valence-electron chi connectivity index (χ2n) is 4.12. The summed E-state index contributed by atoms with van der Waals surface area (Å²) in [5.74, 6) is 3.67. The lowest BCUT2D eigenvalue weighted by Gasteiger charge is -2.43. The molecule has 0 amide bonds. The molecule has 0 radical (unpaired) electrons. The van der Waals surface area contributed by atoms with Gasteiger partial charge in [-0.3, -0.25) is 0 Å². The summed E-state index contributed by atoms with van der Waals surface area (Å²) >= 11 is 0. The summed E-state index contributed by atoms with van der Waals surface area (Å²) in [5.41, 5.74) is 0. The summed E-state index contributed by atoms with van der Waals surface area (Å²) in [5, 5.41) is 0. The molecule has 0 nitrogen and oxygen atoms in total. The number of rotatable bonds is 2. The highest BCUT2D eigenvalue weighted by molar-refractivity contribution is 4.95. The van der Waals surface area contributed by atoms with Gasteiger partial charge in [0.15, 0.2) is 0 Å². The minimum absolute atomic E-state index is 0.797. The van der Waals surface area contributed by atoms with Crippen LogP contribution in [0.5, 0.6) is 0 Å². The summed E-state index contributed by atoms with van der Waals surface area (Å²) in [6.45, 7) is 9.21. The standard InChI is InChI=1S/C11H20/c1-5-6-8(2)11-7-9(3)10(11)4/h5-6,8-11H,7H2,1-4H3. The van der Waals surface area contributed by atoms with E-state index in [-0.39, 0.29) is 0 Å². The molecular weight excluding hydrogens is 132 g/mol. The Labute approximate surface area is 70.7 Å². The Kier molecular flexibility index (Phi) is 2.75. The van der Waals surface area contributed by atoms with Gasteiger partial charge in [0.05, 0.1) is 0 Å². The van der Waals surface area contributed by atoms with Crippen molar-refractivity contribution < 1.29 is 0 Å². The maximum Gasteiger partial charge on any atom is -0.0231 e. The fourth-order valence-electron chi connectivity index (χ4n) is 2.22. The van der Waals surface area contributed by atoms with E-state index in [4.69, 9.17) is 0 Å². The molecule has 0 N–H and O–H groups in total. The van der Waals surface area contributed by atoms with Crippen LogP contribution in [0, 0.1) is 23.7 Å². The van der Waals surface area contributed by atoms with Gasteiger partial charge in [-0.1, -0.05) is 32.9 Å². The van der Waals surface area contributed by atoms with Gasteiger partial charge >= 0.3 is 0 Å². The van der Waals surface area contributed by atoms with E-state index in [9.17, 15) is 0 Å². The largest absolute Gasteiger partial charge is 0.0914 e. The summed E-state index contributed by atoms with van der Waals surface area (Å²) in [4.78, 5) is 0. The molecule has 0 aliphatic heterocycles. The Morgan fingerprint density at radius 3 is 2.36 bits per heavy atom. The van der Waals surface area contributed by atoms with Crippen molar-refractivity contribution in [2.24, 2.45) is 23.7 Å². The van der Waals surface area contributed by atoms with Crippen molar-refractivity contribution in [1.82, 2.24) is 0 Å². The minimum Gasteiger partial charge on any atom is -0.0914 e. The Morgan fingerprint density at radius 1 is 1.36 bits per heavy atom. The molecule has 1 rings (SSSR count). The van der Waals surface area contributed by atoms with E-state index in [0.717, 1.165) is 23.7 Å². The smallest absolute Gasteiger partial charge is 0.0231 e. The van der Waals surface area contributed by atoms with Crippen LogP contribution in [0.15, 0.2) is 12.2 Å². The fourth-order valence-corrected chi connectivity index (χ4v) is 2.22. The molecule has 1 saturated carbocycles. The first kappa shape index (κ1) is 8.83. The number of hydrogen-bond acceptors (Lipinski definition) is 0. The highest BCUT2D eigenvalue weighted by atomic mass is 14.4. The van der Waals surface area contributed by atoms with Crippen LogP contribution in [0.25, 0.3) is 0 Å². The molecule has 0 aromatic heterocycles. The van der Waals surface area contributed by atoms with Gasteiger partial charge in [0, 0.05) is 0 Å². The molecule has 1 aliphatic rings. The molecule has 0 heterocycles. The van der Waals surface area contributed by atoms with Gasteiger partial charge in [-0.2, -0.15) is 0 Å². The molecule has 0 aromatic rings. The first-order valence-electron chi connectivity index (χ1n) is 4.79. The second-order valence-corrected chi connectivity index (χ2v) is 4.12. The van der Waals surface area contributed by atoms with E-state index in [1.54, 1.807) is 0 Å². The van der Waals surface area contributed by atoms with Gasteiger partial charge in [0.25, 0.3) is 0 Å². The summed E-state index contributed by atoms with van der Waals surface area (Å²) in [6, 6.07) is 0. The number of allylic oxidation sites excluding steroid dienone is 2. The maximum atomic E-state index is 2.39. The maximum absolute atomic E-state index is 2.39. The van der Waals surface area contributed by atoms with Crippen molar-refractivity contribution >= 4 is 0 Å². The third kappa shape index (κ3) is 1.66. The fraction of sp³-hybridized carbons (Fsp3) is 0.818. The van der Waals surface area contributed by atoms with E-state index in [2.05, 4.69) is 39.8 Å². The van der Waals surface area contributed by atoms with E-state index >= 15 is 0 Å². The molecule has 0 saturated heterocycles. The van der Waals surface area contributed by atoms with E-state index in [1.807, 2.05) is 0 Å². The second kappa shape index (κ2) is 3.42. The van der Waals surface area contributed by atoms with Crippen LogP contribution in [0.2, 0.25) is 0 Å². The topological polar surface area (TPSA) is 0 Å². The summed E-state index contributed by atoms with van der Waals surface area (Å²) < 4.78 is 0. The van der Waals surface area contributed by atoms with E-state index in [1.165, 1.54) is 6.42 Å². The summed E-state index contributed by atoms with van der Waals surface area (Å²) in [7, 11) is 0. The lowest BCUT2D eigenvalue weighted by molar-refractivity contribution is 0.0723. The van der Waals surface area contributed by atoms with Crippen LogP contribution in [0.1, 0.15) is 34.1 Å². The average molecular weight is 152 g/mol. The normalized spacial score (nSPS) is 40.5. The van der Waals surface area contributed by atoms with Crippen LogP contribution in [-0.2, 0) is 0 Å². The zero-order valence-electron chi connectivity index (χ0n) is 8.17. The van der Waals surface area contributed by atoms with Crippen molar-refractivity contribution in [3.63, 3.8) is 0 Å². The van der Waals surface area contributed by atoms with E-state index < -0.39 is 0 Å². The Balaban J connectivity index is 2.39. The predicted octanol–water partition coefficient (Wildman–Crippen LogP) is 3.49. The molecule has 4 unspecified atom stereocenters. The molecular formula is C11H20. The van der Waals surface area contributed by atoms with Gasteiger partial charge in [-0.15, -0.1) is 0 Å². The van der Waals surface area contributed by atoms with Gasteiger partial charge in [0.1, 0.15) is 0 Å². The van der Waals surface area contributed by atoms with Crippen LogP contribution in [0.3, 0.4) is 0 Å². The van der Waals surface area contributed by atoms with Crippen molar-refractivity contribution in [3.8, 4) is 0 Å². The Morgan fingerprint density at radius 2 is 2.00 bits per heavy atom. The zero-order valence-corrected chi connectivity index (χ0v) is 8.17. The SMILES string of the molecule is CC=CC(C)C1CC(C)C1C. The third-order valence-corrected chi connectivity index (χ3v) is 3.39. The van der Waals surface area contributed by atoms with Gasteiger partial charge < -0.3 is 0 Å². The highest BCUT2D eigenvalue weighted by Gasteiger charge is 2.36. The summed E-state index contributed by atoms with van der Waals surface area (Å²) in [6.07, 6.45) is 5.96. The average Bonchev–Trinajstić information content (AvgIpc) is 1.99. The quantitative estimate of drug-likeness (QED) is 0.531. The molecule has 0 aromatic carbocycles. The first-order valence-corrected chi connectivity index (χ1v) is 4.79. The lowest BCUT2D eigenvalue weighted by Crippen LogP contribution is -2.36. The number of hydrogen-bond donors (Lipinski definition) is 0. The van der Waals surface area contributed by atoms with Crippen molar-refractivity contribution in [1.29, 1.82) is 0 Å². The van der Waals surface area contributed by atoms with Crippen LogP contribution in [0.4, 0.5) is 0 Å². The minimum atomic E-state index is 0.797. The molecule has 0 bridgehead atoms. The molecule has 64 valence electrons. The Hall–Kier alpha value is -0.260. The van der Waals surface area contributed by atoms with Gasteiger partial charge in [-0.25, -0.2) is 0 Å². The highest BCUT2D eigenvalue weighted by Crippen LogP contribution is 2.44. The third-order valence-electron chi connectivity index (χ3n) is 3.39. The molecule has 1 aliphatic carbocycles. The molecule has 0 heteroatoms. The van der Waals surface area contributed by atoms with Crippen LogP contribution >= 0.6 is 0 Å². The van der Waals surface area contributed by atoms with Gasteiger partial charge in [-0.05, 0) is 37.0 Å². The van der Waals surface area contributed by atoms with Crippen LogP contribution < -0.4 is 0 Å². The molecule has 1 fully saturated rings. The molecule has 0 spiro atoms. The van der Waals surface area contributed by atoms with E-state index in [0.29, 0.717) is 0 Å². The molecule has 4 atom stereocenters. The Bertz CT molecular complexity index is 146. The van der Waals surface area contributed by atoms with Crippen molar-refractivity contribution in [3.05, 3.63) is 12.2 Å². The molecule has 11 heavy (non-hydrogen) atoms. The monoisotopic (exact) mass is 152 g/mol. The zero-order chi connectivity index (χ0) is 8.43.